The molecule has 1 aromatic carbocycles. The Morgan fingerprint density at radius 2 is 2.06 bits per heavy atom. The lowest BCUT2D eigenvalue weighted by Crippen LogP contribution is -2.23. The maximum atomic E-state index is 6.01. The molecule has 1 N–H and O–H groups in total. The lowest BCUT2D eigenvalue weighted by molar-refractivity contribution is -0.00394. The molecule has 0 spiro atoms. The molecule has 0 bridgehead atoms. The molecule has 0 saturated carbocycles. The average Bonchev–Trinajstić information content (AvgIpc) is 2.29. The van der Waals surface area contributed by atoms with Gasteiger partial charge < -0.3 is 10.1 Å². The minimum Gasteiger partial charge on any atom is -0.369 e. The van der Waals surface area contributed by atoms with Crippen LogP contribution in [-0.4, -0.2) is 19.7 Å². The van der Waals surface area contributed by atoms with Crippen molar-refractivity contribution in [3.63, 3.8) is 0 Å². The molecule has 0 aliphatic carbocycles. The summed E-state index contributed by atoms with van der Waals surface area (Å²) in [7, 11) is 1.95. The number of nitrogens with one attached hydrogen (secondary N) is 1. The van der Waals surface area contributed by atoms with Crippen LogP contribution < -0.4 is 5.32 Å². The summed E-state index contributed by atoms with van der Waals surface area (Å²) in [5.41, 5.74) is 1.21. The third-order valence-corrected chi connectivity index (χ3v) is 3.34. The Balaban J connectivity index is 2.80. The fraction of sp³-hybridized carbons (Fsp3) is 0.538. The third kappa shape index (κ3) is 3.89. The molecular weight excluding hydrogens is 266 g/mol. The highest BCUT2D eigenvalue weighted by Gasteiger charge is 2.16. The largest absolute Gasteiger partial charge is 0.369 e. The van der Waals surface area contributed by atoms with Gasteiger partial charge in [-0.2, -0.15) is 0 Å². The topological polar surface area (TPSA) is 21.3 Å². The molecule has 2 atom stereocenters. The Morgan fingerprint density at radius 1 is 1.38 bits per heavy atom. The fourth-order valence-corrected chi connectivity index (χ4v) is 2.07. The number of rotatable bonds is 6. The van der Waals surface area contributed by atoms with Gasteiger partial charge in [-0.1, -0.05) is 41.1 Å². The van der Waals surface area contributed by atoms with Crippen molar-refractivity contribution in [1.82, 2.24) is 5.32 Å². The van der Waals surface area contributed by atoms with Crippen LogP contribution in [0.1, 0.15) is 31.9 Å². The summed E-state index contributed by atoms with van der Waals surface area (Å²) < 4.78 is 7.12. The highest BCUT2D eigenvalue weighted by atomic mass is 79.9. The zero-order chi connectivity index (χ0) is 12.0. The molecule has 1 aromatic rings. The van der Waals surface area contributed by atoms with E-state index in [0.717, 1.165) is 17.4 Å². The van der Waals surface area contributed by atoms with Gasteiger partial charge >= 0.3 is 0 Å². The van der Waals surface area contributed by atoms with E-state index in [0.29, 0.717) is 0 Å². The first kappa shape index (κ1) is 13.7. The molecule has 0 radical (unpaired) electrons. The van der Waals surface area contributed by atoms with Gasteiger partial charge in [0.15, 0.2) is 0 Å². The van der Waals surface area contributed by atoms with E-state index in [2.05, 4.69) is 47.2 Å². The van der Waals surface area contributed by atoms with Crippen LogP contribution in [0.25, 0.3) is 0 Å². The maximum Gasteiger partial charge on any atom is 0.0963 e. The lowest BCUT2D eigenvalue weighted by atomic mass is 10.1. The molecule has 0 amide bonds. The van der Waals surface area contributed by atoms with Crippen LogP contribution in [0, 0.1) is 0 Å². The van der Waals surface area contributed by atoms with Crippen molar-refractivity contribution in [2.24, 2.45) is 0 Å². The highest BCUT2D eigenvalue weighted by molar-refractivity contribution is 9.10. The van der Waals surface area contributed by atoms with Crippen molar-refractivity contribution in [1.29, 1.82) is 0 Å². The number of hydrogen-bond donors (Lipinski definition) is 1. The second-order valence-corrected chi connectivity index (χ2v) is 4.78. The zero-order valence-corrected chi connectivity index (χ0v) is 11.8. The molecule has 2 unspecified atom stereocenters. The summed E-state index contributed by atoms with van der Waals surface area (Å²) in [4.78, 5) is 0. The van der Waals surface area contributed by atoms with Crippen LogP contribution in [0.15, 0.2) is 28.7 Å². The van der Waals surface area contributed by atoms with Crippen molar-refractivity contribution in [2.75, 3.05) is 13.6 Å². The van der Waals surface area contributed by atoms with E-state index in [1.54, 1.807) is 0 Å². The Labute approximate surface area is 107 Å². The third-order valence-electron chi connectivity index (χ3n) is 2.61. The monoisotopic (exact) mass is 285 g/mol. The van der Waals surface area contributed by atoms with E-state index in [-0.39, 0.29) is 12.2 Å². The van der Waals surface area contributed by atoms with Gasteiger partial charge in [0.25, 0.3) is 0 Å². The Kier molecular flexibility index (Phi) is 6.03. The summed E-state index contributed by atoms with van der Waals surface area (Å²) in [5, 5.41) is 3.18. The van der Waals surface area contributed by atoms with Crippen molar-refractivity contribution < 1.29 is 4.74 Å². The SMILES string of the molecule is CCC(C)OC(CNC)c1ccccc1Br. The van der Waals surface area contributed by atoms with Crippen LogP contribution in [0.3, 0.4) is 0 Å². The first-order valence-electron chi connectivity index (χ1n) is 5.73. The molecule has 0 aliphatic rings. The van der Waals surface area contributed by atoms with Crippen LogP contribution in [0.2, 0.25) is 0 Å². The van der Waals surface area contributed by atoms with E-state index >= 15 is 0 Å². The lowest BCUT2D eigenvalue weighted by Gasteiger charge is -2.23. The molecule has 1 rings (SSSR count). The molecule has 3 heteroatoms. The summed E-state index contributed by atoms with van der Waals surface area (Å²) in [6, 6.07) is 8.22. The summed E-state index contributed by atoms with van der Waals surface area (Å²) in [6.45, 7) is 5.08. The van der Waals surface area contributed by atoms with Crippen molar-refractivity contribution in [2.45, 2.75) is 32.5 Å². The zero-order valence-electron chi connectivity index (χ0n) is 10.2. The van der Waals surface area contributed by atoms with E-state index in [9.17, 15) is 0 Å². The van der Waals surface area contributed by atoms with Gasteiger partial charge in [-0.05, 0) is 32.0 Å². The predicted octanol–water partition coefficient (Wildman–Crippen LogP) is 3.52. The number of halogens is 1. The van der Waals surface area contributed by atoms with Crippen molar-refractivity contribution in [3.05, 3.63) is 34.3 Å². The first-order chi connectivity index (χ1) is 7.69. The van der Waals surface area contributed by atoms with E-state index in [1.165, 1.54) is 5.56 Å². The summed E-state index contributed by atoms with van der Waals surface area (Å²) in [5.74, 6) is 0. The molecule has 0 fully saturated rings. The Bertz CT molecular complexity index is 317. The van der Waals surface area contributed by atoms with Crippen LogP contribution in [-0.2, 0) is 4.74 Å². The highest BCUT2D eigenvalue weighted by Crippen LogP contribution is 2.26. The average molecular weight is 286 g/mol. The molecular formula is C13H20BrNO. The smallest absolute Gasteiger partial charge is 0.0963 e. The number of likely N-dealkylation sites (N-methyl/N-ethyl adjacent to an activating group) is 1. The first-order valence-corrected chi connectivity index (χ1v) is 6.52. The predicted molar refractivity (Wildman–Crippen MR) is 71.6 cm³/mol. The van der Waals surface area contributed by atoms with Crippen LogP contribution in [0.5, 0.6) is 0 Å². The second kappa shape index (κ2) is 7.05. The van der Waals surface area contributed by atoms with E-state index < -0.39 is 0 Å². The van der Waals surface area contributed by atoms with Gasteiger partial charge in [-0.15, -0.1) is 0 Å². The standard InChI is InChI=1S/C13H20BrNO/c1-4-10(2)16-13(9-15-3)11-7-5-6-8-12(11)14/h5-8,10,13,15H,4,9H2,1-3H3. The van der Waals surface area contributed by atoms with Crippen LogP contribution in [0.4, 0.5) is 0 Å². The Hall–Kier alpha value is -0.380. The van der Waals surface area contributed by atoms with Crippen molar-refractivity contribution >= 4 is 15.9 Å². The van der Waals surface area contributed by atoms with Gasteiger partial charge in [-0.3, -0.25) is 0 Å². The minimum atomic E-state index is 0.107. The quantitative estimate of drug-likeness (QED) is 0.864. The molecule has 90 valence electrons. The summed E-state index contributed by atoms with van der Waals surface area (Å²) >= 11 is 3.57. The van der Waals surface area contributed by atoms with Gasteiger partial charge in [0.2, 0.25) is 0 Å². The Morgan fingerprint density at radius 3 is 2.62 bits per heavy atom. The number of ether oxygens (including phenoxy) is 1. The number of hydrogen-bond acceptors (Lipinski definition) is 2. The maximum absolute atomic E-state index is 6.01. The molecule has 0 aromatic heterocycles. The minimum absolute atomic E-state index is 0.107. The molecule has 0 aliphatic heterocycles. The van der Waals surface area contributed by atoms with Crippen LogP contribution >= 0.6 is 15.9 Å². The second-order valence-electron chi connectivity index (χ2n) is 3.92. The van der Waals surface area contributed by atoms with Gasteiger partial charge in [0.05, 0.1) is 12.2 Å². The van der Waals surface area contributed by atoms with Gasteiger partial charge in [0.1, 0.15) is 0 Å². The van der Waals surface area contributed by atoms with E-state index in [1.807, 2.05) is 19.2 Å². The molecule has 2 nitrogen and oxygen atoms in total. The number of benzene rings is 1. The summed E-state index contributed by atoms with van der Waals surface area (Å²) in [6.07, 6.45) is 1.42. The van der Waals surface area contributed by atoms with E-state index in [4.69, 9.17) is 4.74 Å². The van der Waals surface area contributed by atoms with Crippen molar-refractivity contribution in [3.8, 4) is 0 Å². The molecule has 0 saturated heterocycles. The normalized spacial score (nSPS) is 14.8. The van der Waals surface area contributed by atoms with Gasteiger partial charge in [0, 0.05) is 11.0 Å². The fourth-order valence-electron chi connectivity index (χ4n) is 1.53. The molecule has 16 heavy (non-hydrogen) atoms. The van der Waals surface area contributed by atoms with Gasteiger partial charge in [-0.25, -0.2) is 0 Å². The molecule has 0 heterocycles.